The lowest BCUT2D eigenvalue weighted by atomic mass is 9.87. The van der Waals surface area contributed by atoms with E-state index >= 15 is 0 Å². The number of hydrogen-bond donors (Lipinski definition) is 1. The molecular formula is C21H22ClNO4. The van der Waals surface area contributed by atoms with Gasteiger partial charge in [0.15, 0.2) is 12.7 Å². The number of halogens is 1. The van der Waals surface area contributed by atoms with Gasteiger partial charge in [-0.05, 0) is 61.6 Å². The number of ether oxygens (including phenoxy) is 2. The molecule has 1 amide bonds. The van der Waals surface area contributed by atoms with Gasteiger partial charge in [-0.25, -0.2) is 4.79 Å². The zero-order chi connectivity index (χ0) is 19.2. The highest BCUT2D eigenvalue weighted by atomic mass is 35.5. The normalized spacial score (nSPS) is 16.7. The summed E-state index contributed by atoms with van der Waals surface area (Å²) in [5.74, 6) is -0.402. The molecule has 3 rings (SSSR count). The van der Waals surface area contributed by atoms with Crippen molar-refractivity contribution in [1.29, 1.82) is 0 Å². The second kappa shape index (κ2) is 8.91. The molecule has 0 fully saturated rings. The van der Waals surface area contributed by atoms with Crippen molar-refractivity contribution >= 4 is 23.5 Å². The zero-order valence-corrected chi connectivity index (χ0v) is 15.9. The number of carbonyl (C=O) groups is 2. The highest BCUT2D eigenvalue weighted by molar-refractivity contribution is 6.30. The number of carbonyl (C=O) groups excluding carboxylic acids is 2. The van der Waals surface area contributed by atoms with Gasteiger partial charge in [0.25, 0.3) is 5.91 Å². The van der Waals surface area contributed by atoms with Gasteiger partial charge in [0.05, 0.1) is 6.04 Å². The van der Waals surface area contributed by atoms with Gasteiger partial charge in [-0.3, -0.25) is 4.79 Å². The number of benzene rings is 2. The minimum atomic E-state index is -0.889. The summed E-state index contributed by atoms with van der Waals surface area (Å²) in [7, 11) is 0. The van der Waals surface area contributed by atoms with Gasteiger partial charge in [0, 0.05) is 5.02 Å². The Balaban J connectivity index is 1.49. The molecule has 2 atom stereocenters. The van der Waals surface area contributed by atoms with Crippen molar-refractivity contribution in [3.05, 3.63) is 64.7 Å². The number of hydrogen-bond acceptors (Lipinski definition) is 4. The number of aryl methyl sites for hydroxylation is 1. The minimum Gasteiger partial charge on any atom is -0.482 e. The lowest BCUT2D eigenvalue weighted by Crippen LogP contribution is -2.39. The smallest absolute Gasteiger partial charge is 0.344 e. The molecule has 0 saturated carbocycles. The summed E-state index contributed by atoms with van der Waals surface area (Å²) in [6, 6.07) is 14.7. The fraction of sp³-hybridized carbons (Fsp3) is 0.333. The predicted molar refractivity (Wildman–Crippen MR) is 103 cm³/mol. The van der Waals surface area contributed by atoms with Crippen LogP contribution in [-0.4, -0.2) is 24.6 Å². The number of amides is 1. The van der Waals surface area contributed by atoms with Crippen molar-refractivity contribution in [3.63, 3.8) is 0 Å². The maximum Gasteiger partial charge on any atom is 0.344 e. The molecule has 0 aromatic heterocycles. The largest absolute Gasteiger partial charge is 0.482 e. The molecule has 0 radical (unpaired) electrons. The Morgan fingerprint density at radius 1 is 1.19 bits per heavy atom. The van der Waals surface area contributed by atoms with Gasteiger partial charge < -0.3 is 14.8 Å². The maximum atomic E-state index is 12.4. The van der Waals surface area contributed by atoms with Crippen LogP contribution in [0.25, 0.3) is 0 Å². The molecule has 0 bridgehead atoms. The summed E-state index contributed by atoms with van der Waals surface area (Å²) in [6.07, 6.45) is 2.03. The Kier molecular flexibility index (Phi) is 6.35. The lowest BCUT2D eigenvalue weighted by Gasteiger charge is -2.27. The zero-order valence-electron chi connectivity index (χ0n) is 15.1. The van der Waals surface area contributed by atoms with Crippen LogP contribution in [0.3, 0.4) is 0 Å². The van der Waals surface area contributed by atoms with E-state index < -0.39 is 12.1 Å². The Labute approximate surface area is 163 Å². The average molecular weight is 388 g/mol. The van der Waals surface area contributed by atoms with Crippen LogP contribution in [0.2, 0.25) is 5.02 Å². The number of rotatable bonds is 6. The van der Waals surface area contributed by atoms with E-state index in [-0.39, 0.29) is 18.6 Å². The molecule has 0 spiro atoms. The standard InChI is InChI=1S/C21H22ClNO4/c1-14(27-20(24)13-26-17-11-9-16(22)10-12-17)21(25)23-19-8-4-6-15-5-2-3-7-18(15)19/h2-3,5,7,9-12,14,19H,4,6,8,13H2,1H3,(H,23,25)/t14-,19-/m1/s1. The summed E-state index contributed by atoms with van der Waals surface area (Å²) in [6.45, 7) is 1.29. The van der Waals surface area contributed by atoms with Crippen molar-refractivity contribution in [2.24, 2.45) is 0 Å². The maximum absolute atomic E-state index is 12.4. The van der Waals surface area contributed by atoms with Crippen LogP contribution >= 0.6 is 11.6 Å². The third kappa shape index (κ3) is 5.23. The first-order valence-corrected chi connectivity index (χ1v) is 9.37. The third-order valence-corrected chi connectivity index (χ3v) is 4.79. The average Bonchev–Trinajstić information content (AvgIpc) is 2.68. The Hall–Kier alpha value is -2.53. The molecule has 1 aliphatic rings. The van der Waals surface area contributed by atoms with Crippen LogP contribution in [0.5, 0.6) is 5.75 Å². The molecule has 2 aromatic carbocycles. The molecule has 0 heterocycles. The second-order valence-electron chi connectivity index (χ2n) is 6.53. The van der Waals surface area contributed by atoms with Crippen LogP contribution < -0.4 is 10.1 Å². The first kappa shape index (κ1) is 19.2. The summed E-state index contributed by atoms with van der Waals surface area (Å²) < 4.78 is 10.5. The van der Waals surface area contributed by atoms with E-state index in [9.17, 15) is 9.59 Å². The van der Waals surface area contributed by atoms with Crippen molar-refractivity contribution in [2.75, 3.05) is 6.61 Å². The van der Waals surface area contributed by atoms with E-state index in [0.29, 0.717) is 10.8 Å². The Morgan fingerprint density at radius 2 is 1.93 bits per heavy atom. The SMILES string of the molecule is C[C@@H](OC(=O)COc1ccc(Cl)cc1)C(=O)N[C@@H]1CCCc2ccccc21. The first-order chi connectivity index (χ1) is 13.0. The van der Waals surface area contributed by atoms with E-state index in [0.717, 1.165) is 24.8 Å². The molecule has 1 N–H and O–H groups in total. The van der Waals surface area contributed by atoms with Crippen molar-refractivity contribution in [3.8, 4) is 5.75 Å². The highest BCUT2D eigenvalue weighted by Gasteiger charge is 2.25. The second-order valence-corrected chi connectivity index (χ2v) is 6.96. The van der Waals surface area contributed by atoms with Gasteiger partial charge in [0.1, 0.15) is 5.75 Å². The Morgan fingerprint density at radius 3 is 2.70 bits per heavy atom. The molecular weight excluding hydrogens is 366 g/mol. The fourth-order valence-corrected chi connectivity index (χ4v) is 3.28. The molecule has 5 nitrogen and oxygen atoms in total. The third-order valence-electron chi connectivity index (χ3n) is 4.53. The van der Waals surface area contributed by atoms with Crippen LogP contribution in [0, 0.1) is 0 Å². The van der Waals surface area contributed by atoms with Crippen molar-refractivity contribution in [2.45, 2.75) is 38.3 Å². The van der Waals surface area contributed by atoms with E-state index in [1.54, 1.807) is 31.2 Å². The molecule has 27 heavy (non-hydrogen) atoms. The molecule has 0 aliphatic heterocycles. The van der Waals surface area contributed by atoms with Crippen LogP contribution in [0.1, 0.15) is 36.9 Å². The Bertz CT molecular complexity index is 806. The summed E-state index contributed by atoms with van der Waals surface area (Å²) in [5.41, 5.74) is 2.40. The molecule has 1 aliphatic carbocycles. The number of fused-ring (bicyclic) bond motifs is 1. The van der Waals surface area contributed by atoms with Gasteiger partial charge in [-0.1, -0.05) is 35.9 Å². The van der Waals surface area contributed by atoms with E-state index in [1.807, 2.05) is 18.2 Å². The number of esters is 1. The van der Waals surface area contributed by atoms with Crippen LogP contribution in [-0.2, 0) is 20.7 Å². The van der Waals surface area contributed by atoms with Gasteiger partial charge in [-0.15, -0.1) is 0 Å². The van der Waals surface area contributed by atoms with Gasteiger partial charge in [0.2, 0.25) is 0 Å². The van der Waals surface area contributed by atoms with E-state index in [4.69, 9.17) is 21.1 Å². The molecule has 2 aromatic rings. The lowest BCUT2D eigenvalue weighted by molar-refractivity contribution is -0.156. The van der Waals surface area contributed by atoms with Crippen LogP contribution in [0.15, 0.2) is 48.5 Å². The van der Waals surface area contributed by atoms with Gasteiger partial charge >= 0.3 is 5.97 Å². The van der Waals surface area contributed by atoms with Crippen molar-refractivity contribution in [1.82, 2.24) is 5.32 Å². The summed E-state index contributed by atoms with van der Waals surface area (Å²) in [5, 5.41) is 3.57. The monoisotopic (exact) mass is 387 g/mol. The van der Waals surface area contributed by atoms with Crippen LogP contribution in [0.4, 0.5) is 0 Å². The first-order valence-electron chi connectivity index (χ1n) is 8.99. The molecule has 0 saturated heterocycles. The molecule has 0 unspecified atom stereocenters. The van der Waals surface area contributed by atoms with Crippen molar-refractivity contribution < 1.29 is 19.1 Å². The summed E-state index contributed by atoms with van der Waals surface area (Å²) >= 11 is 5.80. The topological polar surface area (TPSA) is 64.6 Å². The van der Waals surface area contributed by atoms with Gasteiger partial charge in [-0.2, -0.15) is 0 Å². The minimum absolute atomic E-state index is 0.0473. The fourth-order valence-electron chi connectivity index (χ4n) is 3.15. The van der Waals surface area contributed by atoms with E-state index in [1.165, 1.54) is 5.56 Å². The quantitative estimate of drug-likeness (QED) is 0.765. The van der Waals surface area contributed by atoms with E-state index in [2.05, 4.69) is 11.4 Å². The molecule has 142 valence electrons. The summed E-state index contributed by atoms with van der Waals surface area (Å²) in [4.78, 5) is 24.4. The number of nitrogens with one attached hydrogen (secondary N) is 1. The molecule has 6 heteroatoms. The highest BCUT2D eigenvalue weighted by Crippen LogP contribution is 2.29. The predicted octanol–water partition coefficient (Wildman–Crippen LogP) is 3.84.